The monoisotopic (exact) mass is 370 g/mol. The fourth-order valence-electron chi connectivity index (χ4n) is 0.991. The maximum Gasteiger partial charge on any atom is 0.482 e. The Morgan fingerprint density at radius 2 is 0.636 bits per heavy atom. The molecule has 0 aromatic rings. The van der Waals surface area contributed by atoms with Crippen molar-refractivity contribution in [3.8, 4) is 33.3 Å². The van der Waals surface area contributed by atoms with Crippen LogP contribution < -0.4 is 0 Å². The number of rotatable bonds is 6. The Balaban J connectivity index is 5.22. The largest absolute Gasteiger partial charge is 0.482 e. The van der Waals surface area contributed by atoms with Crippen molar-refractivity contribution in [3.05, 3.63) is 0 Å². The predicted molar refractivity (Wildman–Crippen MR) is 88.4 cm³/mol. The molecule has 118 valence electrons. The van der Waals surface area contributed by atoms with Gasteiger partial charge in [-0.25, -0.2) is 0 Å². The molecule has 0 bridgehead atoms. The Morgan fingerprint density at radius 1 is 0.409 bits per heavy atom. The Labute approximate surface area is 139 Å². The van der Waals surface area contributed by atoms with Crippen LogP contribution in [0.25, 0.3) is 0 Å². The number of hydrogen-bond acceptors (Lipinski definition) is 6. The molecule has 22 heavy (non-hydrogen) atoms. The summed E-state index contributed by atoms with van der Waals surface area (Å²) in [4.78, 5) is 0. The molecule has 0 unspecified atom stereocenters. The fraction of sp³-hybridized carbons (Fsp3) is 0.500. The van der Waals surface area contributed by atoms with Crippen molar-refractivity contribution in [2.45, 2.75) is 0 Å². The van der Waals surface area contributed by atoms with Gasteiger partial charge < -0.3 is 26.6 Å². The zero-order chi connectivity index (χ0) is 16.8. The van der Waals surface area contributed by atoms with E-state index in [4.69, 9.17) is 26.6 Å². The Morgan fingerprint density at radius 3 is 0.818 bits per heavy atom. The van der Waals surface area contributed by atoms with Crippen molar-refractivity contribution in [3.63, 3.8) is 0 Å². The molecule has 10 heteroatoms. The quantitative estimate of drug-likeness (QED) is 0.445. The lowest BCUT2D eigenvalue weighted by atomic mass is 11.3. The zero-order valence-corrected chi connectivity index (χ0v) is 17.4. The smallest absolute Gasteiger partial charge is 0.387 e. The van der Waals surface area contributed by atoms with Gasteiger partial charge in [0, 0.05) is 42.7 Å². The first-order valence-electron chi connectivity index (χ1n) is 5.92. The van der Waals surface area contributed by atoms with E-state index < -0.39 is 36.6 Å². The first-order chi connectivity index (χ1) is 10.6. The highest BCUT2D eigenvalue weighted by molar-refractivity contribution is 6.85. The summed E-state index contributed by atoms with van der Waals surface area (Å²) in [5.41, 5.74) is 18.0. The van der Waals surface area contributed by atoms with Gasteiger partial charge in [-0.15, -0.1) is 16.6 Å². The van der Waals surface area contributed by atoms with Gasteiger partial charge in [0.25, 0.3) is 0 Å². The molecule has 0 aromatic carbocycles. The van der Waals surface area contributed by atoms with Crippen LogP contribution in [0.4, 0.5) is 0 Å². The topological polar surface area (TPSA) is 55.4 Å². The summed E-state index contributed by atoms with van der Waals surface area (Å²) in [5, 5.41) is 0. The molecule has 0 spiro atoms. The van der Waals surface area contributed by atoms with Gasteiger partial charge >= 0.3 is 36.6 Å². The molecular weight excluding hydrogens is 352 g/mol. The van der Waals surface area contributed by atoms with Crippen LogP contribution in [0.3, 0.4) is 0 Å². The summed E-state index contributed by atoms with van der Waals surface area (Å²) in [6.07, 6.45) is 0. The molecule has 0 aliphatic rings. The first-order valence-corrected chi connectivity index (χ1v) is 11.4. The van der Waals surface area contributed by atoms with Gasteiger partial charge in [-0.3, -0.25) is 0 Å². The summed E-state index contributed by atoms with van der Waals surface area (Å²) in [6, 6.07) is 0. The molecule has 0 rings (SSSR count). The molecule has 0 saturated carbocycles. The van der Waals surface area contributed by atoms with Gasteiger partial charge in [0.2, 0.25) is 0 Å². The van der Waals surface area contributed by atoms with E-state index >= 15 is 0 Å². The van der Waals surface area contributed by atoms with E-state index in [1.54, 1.807) is 42.7 Å². The van der Waals surface area contributed by atoms with Crippen molar-refractivity contribution >= 4 is 36.6 Å². The summed E-state index contributed by atoms with van der Waals surface area (Å²) in [5.74, 6) is 0. The lowest BCUT2D eigenvalue weighted by molar-refractivity contribution is 0.293. The minimum Gasteiger partial charge on any atom is -0.387 e. The summed E-state index contributed by atoms with van der Waals surface area (Å²) in [7, 11) is 3.00. The van der Waals surface area contributed by atoms with E-state index in [0.717, 1.165) is 0 Å². The van der Waals surface area contributed by atoms with Crippen LogP contribution in [0.1, 0.15) is 0 Å². The van der Waals surface area contributed by atoms with Crippen molar-refractivity contribution in [1.82, 2.24) is 0 Å². The van der Waals surface area contributed by atoms with Crippen LogP contribution in [-0.4, -0.2) is 79.3 Å². The summed E-state index contributed by atoms with van der Waals surface area (Å²) >= 11 is 0. The molecule has 0 aromatic heterocycles. The SMILES string of the molecule is CO[Si](C#C[Si](C#C[Si](OC)OC)C#C[Si](OC)OC)OC. The predicted octanol–water partition coefficient (Wildman–Crippen LogP) is -0.930. The molecule has 0 fully saturated rings. The van der Waals surface area contributed by atoms with Crippen LogP contribution in [0.15, 0.2) is 0 Å². The Bertz CT molecular complexity index is 400. The van der Waals surface area contributed by atoms with Crippen LogP contribution in [-0.2, 0) is 26.6 Å². The van der Waals surface area contributed by atoms with Gasteiger partial charge in [-0.05, 0) is 0 Å². The minimum absolute atomic E-state index is 1.56. The van der Waals surface area contributed by atoms with Crippen LogP contribution in [0.2, 0.25) is 0 Å². The molecule has 0 aliphatic heterocycles. The summed E-state index contributed by atoms with van der Waals surface area (Å²) in [6.45, 7) is 0. The normalized spacial score (nSPS) is 10.1. The third-order valence-electron chi connectivity index (χ3n) is 1.98. The van der Waals surface area contributed by atoms with Gasteiger partial charge in [0.1, 0.15) is 0 Å². The Kier molecular flexibility index (Phi) is 13.5. The van der Waals surface area contributed by atoms with Gasteiger partial charge in [-0.1, -0.05) is 16.6 Å². The van der Waals surface area contributed by atoms with Crippen LogP contribution >= 0.6 is 0 Å². The molecule has 0 saturated heterocycles. The maximum atomic E-state index is 5.13. The van der Waals surface area contributed by atoms with Crippen molar-refractivity contribution < 1.29 is 26.6 Å². The van der Waals surface area contributed by atoms with E-state index in [1.165, 1.54) is 0 Å². The fourth-order valence-corrected chi connectivity index (χ4v) is 5.02. The van der Waals surface area contributed by atoms with E-state index in [9.17, 15) is 0 Å². The average molecular weight is 371 g/mol. The second-order valence-corrected chi connectivity index (χ2v) is 9.64. The highest BCUT2D eigenvalue weighted by Gasteiger charge is 2.13. The second kappa shape index (κ2) is 13.9. The highest BCUT2D eigenvalue weighted by atomic mass is 28.3. The van der Waals surface area contributed by atoms with E-state index in [0.29, 0.717) is 0 Å². The second-order valence-electron chi connectivity index (χ2n) is 3.21. The van der Waals surface area contributed by atoms with Gasteiger partial charge in [0.05, 0.1) is 0 Å². The maximum absolute atomic E-state index is 5.13. The van der Waals surface area contributed by atoms with E-state index in [1.807, 2.05) is 0 Å². The molecule has 0 amide bonds. The molecule has 0 N–H and O–H groups in total. The zero-order valence-electron chi connectivity index (χ0n) is 13.4. The number of hydrogen-bond donors (Lipinski definition) is 0. The minimum atomic E-state index is -1.60. The van der Waals surface area contributed by atoms with E-state index in [-0.39, 0.29) is 0 Å². The third kappa shape index (κ3) is 9.35. The van der Waals surface area contributed by atoms with Crippen LogP contribution in [0.5, 0.6) is 0 Å². The standard InChI is InChI=1S/C12H18O6Si4/c1-13-20(14-2)10-7-19(8-11-21(15-3)16-4)9-12-22(17-5)18-6/h1-6H3. The lowest BCUT2D eigenvalue weighted by Gasteiger charge is -2.01. The molecule has 6 nitrogen and oxygen atoms in total. The van der Waals surface area contributed by atoms with Gasteiger partial charge in [0.15, 0.2) is 0 Å². The van der Waals surface area contributed by atoms with E-state index in [2.05, 4.69) is 33.3 Å². The molecular formula is C12H18O6Si4. The van der Waals surface area contributed by atoms with Crippen molar-refractivity contribution in [1.29, 1.82) is 0 Å². The lowest BCUT2D eigenvalue weighted by Crippen LogP contribution is -2.21. The Hall–Kier alpha value is -0.692. The molecule has 4 radical (unpaired) electrons. The molecule has 0 atom stereocenters. The van der Waals surface area contributed by atoms with Crippen molar-refractivity contribution in [2.24, 2.45) is 0 Å². The van der Waals surface area contributed by atoms with Gasteiger partial charge in [-0.2, -0.15) is 0 Å². The van der Waals surface area contributed by atoms with Crippen LogP contribution in [0, 0.1) is 33.3 Å². The average Bonchev–Trinajstić information content (AvgIpc) is 2.56. The van der Waals surface area contributed by atoms with Crippen molar-refractivity contribution in [2.75, 3.05) is 42.7 Å². The molecule has 0 heterocycles. The summed E-state index contributed by atoms with van der Waals surface area (Å²) < 4.78 is 30.8. The molecule has 0 aliphatic carbocycles. The third-order valence-corrected chi connectivity index (χ3v) is 7.07. The first kappa shape index (κ1) is 21.3. The highest BCUT2D eigenvalue weighted by Crippen LogP contribution is 1.87.